The monoisotopic (exact) mass is 507 g/mol. The maximum absolute atomic E-state index is 13.0. The topological polar surface area (TPSA) is 104 Å². The Balaban J connectivity index is 1.78. The lowest BCUT2D eigenvalue weighted by Gasteiger charge is -2.29. The Hall–Kier alpha value is -2.27. The van der Waals surface area contributed by atoms with Gasteiger partial charge in [-0.15, -0.1) is 0 Å². The van der Waals surface area contributed by atoms with E-state index in [9.17, 15) is 21.6 Å². The normalized spacial score (nSPS) is 16.0. The molecule has 0 radical (unpaired) electrons. The predicted octanol–water partition coefficient (Wildman–Crippen LogP) is 3.70. The van der Waals surface area contributed by atoms with E-state index in [1.165, 1.54) is 38.9 Å². The van der Waals surface area contributed by atoms with E-state index in [2.05, 4.69) is 12.2 Å². The highest BCUT2D eigenvalue weighted by Crippen LogP contribution is 2.25. The van der Waals surface area contributed by atoms with Crippen molar-refractivity contribution in [3.8, 4) is 0 Å². The molecule has 1 heterocycles. The molecule has 0 saturated carbocycles. The third-order valence-electron chi connectivity index (χ3n) is 6.27. The van der Waals surface area contributed by atoms with Crippen molar-refractivity contribution in [2.24, 2.45) is 5.92 Å². The molecule has 8 nitrogen and oxygen atoms in total. The van der Waals surface area contributed by atoms with Gasteiger partial charge in [0.05, 0.1) is 9.79 Å². The molecule has 2 aromatic carbocycles. The molecule has 0 spiro atoms. The highest BCUT2D eigenvalue weighted by atomic mass is 32.2. The molecule has 186 valence electrons. The molecule has 0 bridgehead atoms. The van der Waals surface area contributed by atoms with E-state index in [4.69, 9.17) is 0 Å². The van der Waals surface area contributed by atoms with Crippen LogP contribution in [-0.2, 0) is 20.0 Å². The van der Waals surface area contributed by atoms with Crippen molar-refractivity contribution in [3.05, 3.63) is 53.6 Å². The molecule has 3 rings (SSSR count). The van der Waals surface area contributed by atoms with Crippen LogP contribution in [-0.4, -0.2) is 57.5 Å². The van der Waals surface area contributed by atoms with E-state index < -0.39 is 26.0 Å². The largest absolute Gasteiger partial charge is 0.322 e. The molecule has 0 aliphatic carbocycles. The smallest absolute Gasteiger partial charge is 0.255 e. The second kappa shape index (κ2) is 10.6. The Kier molecular flexibility index (Phi) is 8.18. The molecular weight excluding hydrogens is 474 g/mol. The summed E-state index contributed by atoms with van der Waals surface area (Å²) in [6.07, 6.45) is 1.67. The van der Waals surface area contributed by atoms with Gasteiger partial charge in [0, 0.05) is 37.4 Å². The third-order valence-corrected chi connectivity index (χ3v) is 10.4. The van der Waals surface area contributed by atoms with E-state index in [-0.39, 0.29) is 15.4 Å². The maximum atomic E-state index is 13.0. The first-order chi connectivity index (χ1) is 16.0. The number of carbonyl (C=O) groups is 1. The highest BCUT2D eigenvalue weighted by molar-refractivity contribution is 7.89. The van der Waals surface area contributed by atoms with Gasteiger partial charge in [-0.3, -0.25) is 4.79 Å². The number of benzene rings is 2. The number of nitrogens with one attached hydrogen (secondary N) is 1. The van der Waals surface area contributed by atoms with Crippen molar-refractivity contribution < 1.29 is 21.6 Å². The summed E-state index contributed by atoms with van der Waals surface area (Å²) in [5, 5.41) is 2.72. The molecule has 10 heteroatoms. The van der Waals surface area contributed by atoms with Crippen LogP contribution in [0, 0.1) is 12.8 Å². The summed E-state index contributed by atoms with van der Waals surface area (Å²) in [4.78, 5) is 13.1. The highest BCUT2D eigenvalue weighted by Gasteiger charge is 2.28. The molecule has 0 unspecified atom stereocenters. The minimum atomic E-state index is -3.68. The number of anilines is 1. The van der Waals surface area contributed by atoms with Crippen molar-refractivity contribution >= 4 is 31.6 Å². The zero-order valence-electron chi connectivity index (χ0n) is 20.1. The van der Waals surface area contributed by atoms with Gasteiger partial charge in [0.25, 0.3) is 5.91 Å². The Labute approximate surface area is 203 Å². The first-order valence-electron chi connectivity index (χ1n) is 11.5. The summed E-state index contributed by atoms with van der Waals surface area (Å²) in [5.41, 5.74) is 1.21. The maximum Gasteiger partial charge on any atom is 0.255 e. The molecule has 1 amide bonds. The number of carbonyl (C=O) groups excluding carboxylic acids is 1. The zero-order valence-corrected chi connectivity index (χ0v) is 21.7. The molecule has 2 aromatic rings. The van der Waals surface area contributed by atoms with Crippen LogP contribution in [0.3, 0.4) is 0 Å². The summed E-state index contributed by atoms with van der Waals surface area (Å²) in [5.74, 6) is 0.0626. The van der Waals surface area contributed by atoms with Crippen LogP contribution in [0.25, 0.3) is 0 Å². The van der Waals surface area contributed by atoms with Crippen LogP contribution in [0.4, 0.5) is 5.69 Å². The summed E-state index contributed by atoms with van der Waals surface area (Å²) >= 11 is 0. The number of amides is 1. The number of aryl methyl sites for hydroxylation is 1. The average Bonchev–Trinajstić information content (AvgIpc) is 2.81. The second-order valence-corrected chi connectivity index (χ2v) is 12.5. The molecule has 1 aliphatic rings. The Morgan fingerprint density at radius 2 is 1.59 bits per heavy atom. The number of nitrogens with zero attached hydrogens (tertiary/aromatic N) is 2. The van der Waals surface area contributed by atoms with Crippen LogP contribution in [0.1, 0.15) is 49.5 Å². The lowest BCUT2D eigenvalue weighted by molar-refractivity contribution is 0.102. The quantitative estimate of drug-likeness (QED) is 0.587. The number of rotatable bonds is 8. The zero-order chi connectivity index (χ0) is 25.1. The predicted molar refractivity (Wildman–Crippen MR) is 133 cm³/mol. The lowest BCUT2D eigenvalue weighted by Crippen LogP contribution is -2.37. The summed E-state index contributed by atoms with van der Waals surface area (Å²) in [7, 11) is -7.28. The van der Waals surface area contributed by atoms with Crippen LogP contribution < -0.4 is 5.32 Å². The van der Waals surface area contributed by atoms with Crippen molar-refractivity contribution in [1.82, 2.24) is 8.61 Å². The van der Waals surface area contributed by atoms with Crippen molar-refractivity contribution in [1.29, 1.82) is 0 Å². The number of hydrogen-bond acceptors (Lipinski definition) is 5. The molecule has 0 aromatic heterocycles. The number of hydrogen-bond donors (Lipinski definition) is 1. The van der Waals surface area contributed by atoms with Crippen molar-refractivity contribution in [2.75, 3.05) is 31.5 Å². The van der Waals surface area contributed by atoms with E-state index >= 15 is 0 Å². The van der Waals surface area contributed by atoms with Crippen LogP contribution in [0.2, 0.25) is 0 Å². The molecule has 0 atom stereocenters. The SMILES string of the molecule is CCN(CC)S(=O)(=O)c1cc(NC(=O)c2ccc(S(=O)(=O)N3CCC(C)CC3)cc2)ccc1C. The fraction of sp³-hybridized carbons (Fsp3) is 0.458. The molecule has 1 aliphatic heterocycles. The van der Waals surface area contributed by atoms with Crippen LogP contribution >= 0.6 is 0 Å². The van der Waals surface area contributed by atoms with Crippen molar-refractivity contribution in [3.63, 3.8) is 0 Å². The molecule has 1 saturated heterocycles. The van der Waals surface area contributed by atoms with Gasteiger partial charge in [0.15, 0.2) is 0 Å². The fourth-order valence-electron chi connectivity index (χ4n) is 4.01. The Bertz CT molecular complexity index is 1230. The van der Waals surface area contributed by atoms with Gasteiger partial charge < -0.3 is 5.32 Å². The number of sulfonamides is 2. The minimum Gasteiger partial charge on any atom is -0.322 e. The van der Waals surface area contributed by atoms with Gasteiger partial charge >= 0.3 is 0 Å². The Morgan fingerprint density at radius 1 is 1.00 bits per heavy atom. The summed E-state index contributed by atoms with van der Waals surface area (Å²) in [6.45, 7) is 9.07. The molecule has 34 heavy (non-hydrogen) atoms. The van der Waals surface area contributed by atoms with Crippen molar-refractivity contribution in [2.45, 2.75) is 50.3 Å². The molecule has 1 fully saturated rings. The standard InChI is InChI=1S/C24H33N3O5S2/c1-5-26(6-2)34(31,32)23-17-21(10-7-19(23)4)25-24(28)20-8-11-22(12-9-20)33(29,30)27-15-13-18(3)14-16-27/h7-12,17-18H,5-6,13-16H2,1-4H3,(H,25,28). The first-order valence-corrected chi connectivity index (χ1v) is 14.4. The van der Waals surface area contributed by atoms with Gasteiger partial charge in [0.1, 0.15) is 0 Å². The summed E-state index contributed by atoms with van der Waals surface area (Å²) < 4.78 is 54.6. The summed E-state index contributed by atoms with van der Waals surface area (Å²) in [6, 6.07) is 10.6. The Morgan fingerprint density at radius 3 is 2.15 bits per heavy atom. The average molecular weight is 508 g/mol. The minimum absolute atomic E-state index is 0.145. The van der Waals surface area contributed by atoms with E-state index in [1.807, 2.05) is 0 Å². The fourth-order valence-corrected chi connectivity index (χ4v) is 7.19. The number of piperidine rings is 1. The lowest BCUT2D eigenvalue weighted by atomic mass is 10.0. The molecule has 1 N–H and O–H groups in total. The van der Waals surface area contributed by atoms with Crippen LogP contribution in [0.5, 0.6) is 0 Å². The van der Waals surface area contributed by atoms with E-state index in [1.54, 1.807) is 32.9 Å². The van der Waals surface area contributed by atoms with Gasteiger partial charge in [-0.05, 0) is 67.6 Å². The van der Waals surface area contributed by atoms with Gasteiger partial charge in [-0.25, -0.2) is 16.8 Å². The van der Waals surface area contributed by atoms with Gasteiger partial charge in [0.2, 0.25) is 20.0 Å². The van der Waals surface area contributed by atoms with Crippen LogP contribution in [0.15, 0.2) is 52.3 Å². The first kappa shape index (κ1) is 26.3. The van der Waals surface area contributed by atoms with E-state index in [0.717, 1.165) is 12.8 Å². The van der Waals surface area contributed by atoms with E-state index in [0.29, 0.717) is 43.3 Å². The van der Waals surface area contributed by atoms with Gasteiger partial charge in [-0.1, -0.05) is 26.8 Å². The second-order valence-electron chi connectivity index (χ2n) is 8.63. The van der Waals surface area contributed by atoms with Gasteiger partial charge in [-0.2, -0.15) is 8.61 Å². The third kappa shape index (κ3) is 5.51. The molecular formula is C24H33N3O5S2.